The van der Waals surface area contributed by atoms with Crippen molar-refractivity contribution in [3.8, 4) is 0 Å². The zero-order valence-corrected chi connectivity index (χ0v) is 16.0. The first-order valence-electron chi connectivity index (χ1n) is 8.88. The molecule has 0 atom stereocenters. The third-order valence-corrected chi connectivity index (χ3v) is 5.55. The summed E-state index contributed by atoms with van der Waals surface area (Å²) in [6, 6.07) is 10.5. The number of carbonyl (C=O) groups excluding carboxylic acids is 1. The Balaban J connectivity index is 1.45. The predicted molar refractivity (Wildman–Crippen MR) is 103 cm³/mol. The van der Waals surface area contributed by atoms with E-state index in [0.29, 0.717) is 5.56 Å². The van der Waals surface area contributed by atoms with Gasteiger partial charge in [0.25, 0.3) is 5.91 Å². The summed E-state index contributed by atoms with van der Waals surface area (Å²) < 4.78 is 0.751. The number of halogens is 1. The minimum absolute atomic E-state index is 0.0750. The van der Waals surface area contributed by atoms with Crippen LogP contribution in [0.2, 0.25) is 0 Å². The van der Waals surface area contributed by atoms with Gasteiger partial charge in [0.05, 0.1) is 5.56 Å². The highest BCUT2D eigenvalue weighted by Gasteiger charge is 2.29. The average molecular weight is 400 g/mol. The van der Waals surface area contributed by atoms with Crippen LogP contribution in [0, 0.1) is 6.92 Å². The topological polar surface area (TPSA) is 36.4 Å². The minimum atomic E-state index is 0.0750. The lowest BCUT2D eigenvalue weighted by Gasteiger charge is -2.37. The van der Waals surface area contributed by atoms with E-state index >= 15 is 0 Å². The molecule has 1 saturated carbocycles. The SMILES string of the molecule is Cc1ccc(N2CCN(C(=O)c3ccc(Br)nc3)CC2)c(C2CC2)c1. The summed E-state index contributed by atoms with van der Waals surface area (Å²) in [5.41, 5.74) is 4.86. The van der Waals surface area contributed by atoms with Gasteiger partial charge in [-0.15, -0.1) is 0 Å². The van der Waals surface area contributed by atoms with Crippen LogP contribution in [-0.4, -0.2) is 42.0 Å². The van der Waals surface area contributed by atoms with E-state index in [1.165, 1.54) is 29.7 Å². The second-order valence-corrected chi connectivity index (χ2v) is 7.80. The number of hydrogen-bond donors (Lipinski definition) is 0. The van der Waals surface area contributed by atoms with Crippen molar-refractivity contribution in [1.82, 2.24) is 9.88 Å². The van der Waals surface area contributed by atoms with Crippen LogP contribution in [-0.2, 0) is 0 Å². The maximum atomic E-state index is 12.6. The molecular weight excluding hydrogens is 378 g/mol. The smallest absolute Gasteiger partial charge is 0.255 e. The first kappa shape index (κ1) is 16.6. The molecule has 0 spiro atoms. The van der Waals surface area contributed by atoms with Crippen molar-refractivity contribution in [2.75, 3.05) is 31.1 Å². The number of rotatable bonds is 3. The molecule has 2 aromatic rings. The molecule has 130 valence electrons. The summed E-state index contributed by atoms with van der Waals surface area (Å²) in [5, 5.41) is 0. The Morgan fingerprint density at radius 1 is 1.12 bits per heavy atom. The molecule has 2 aliphatic rings. The summed E-state index contributed by atoms with van der Waals surface area (Å²) in [6.45, 7) is 5.45. The van der Waals surface area contributed by atoms with Crippen LogP contribution >= 0.6 is 15.9 Å². The lowest BCUT2D eigenvalue weighted by atomic mass is 10.0. The van der Waals surface area contributed by atoms with E-state index in [0.717, 1.165) is 36.7 Å². The monoisotopic (exact) mass is 399 g/mol. The van der Waals surface area contributed by atoms with Gasteiger partial charge >= 0.3 is 0 Å². The van der Waals surface area contributed by atoms with Crippen LogP contribution in [0.25, 0.3) is 0 Å². The third kappa shape index (κ3) is 3.56. The van der Waals surface area contributed by atoms with Crippen LogP contribution < -0.4 is 4.90 Å². The lowest BCUT2D eigenvalue weighted by Crippen LogP contribution is -2.49. The molecule has 0 radical (unpaired) electrons. The van der Waals surface area contributed by atoms with E-state index in [1.54, 1.807) is 6.20 Å². The summed E-state index contributed by atoms with van der Waals surface area (Å²) in [6.07, 6.45) is 4.26. The normalized spacial score (nSPS) is 17.7. The predicted octanol–water partition coefficient (Wildman–Crippen LogP) is 3.99. The van der Waals surface area contributed by atoms with Gasteiger partial charge in [-0.05, 0) is 65.4 Å². The first-order valence-corrected chi connectivity index (χ1v) is 9.67. The number of anilines is 1. The van der Waals surface area contributed by atoms with Crippen molar-refractivity contribution in [2.24, 2.45) is 0 Å². The molecule has 25 heavy (non-hydrogen) atoms. The third-order valence-electron chi connectivity index (χ3n) is 5.08. The van der Waals surface area contributed by atoms with Gasteiger partial charge in [0, 0.05) is 38.1 Å². The summed E-state index contributed by atoms with van der Waals surface area (Å²) in [7, 11) is 0. The lowest BCUT2D eigenvalue weighted by molar-refractivity contribution is 0.0746. The highest BCUT2D eigenvalue weighted by atomic mass is 79.9. The number of pyridine rings is 1. The molecule has 1 aliphatic heterocycles. The summed E-state index contributed by atoms with van der Waals surface area (Å²) >= 11 is 3.31. The van der Waals surface area contributed by atoms with E-state index in [2.05, 4.69) is 50.9 Å². The van der Waals surface area contributed by atoms with Crippen molar-refractivity contribution < 1.29 is 4.79 Å². The highest BCUT2D eigenvalue weighted by molar-refractivity contribution is 9.10. The number of piperazine rings is 1. The van der Waals surface area contributed by atoms with Crippen LogP contribution in [0.1, 0.15) is 40.2 Å². The minimum Gasteiger partial charge on any atom is -0.368 e. The van der Waals surface area contributed by atoms with Crippen molar-refractivity contribution in [1.29, 1.82) is 0 Å². The molecule has 1 saturated heterocycles. The number of amides is 1. The van der Waals surface area contributed by atoms with Gasteiger partial charge in [0.15, 0.2) is 0 Å². The number of hydrogen-bond acceptors (Lipinski definition) is 3. The molecule has 1 aromatic heterocycles. The number of aromatic nitrogens is 1. The van der Waals surface area contributed by atoms with E-state index in [4.69, 9.17) is 0 Å². The molecule has 4 rings (SSSR count). The molecule has 5 heteroatoms. The molecule has 0 unspecified atom stereocenters. The van der Waals surface area contributed by atoms with Gasteiger partial charge in [-0.3, -0.25) is 4.79 Å². The Morgan fingerprint density at radius 3 is 2.52 bits per heavy atom. The summed E-state index contributed by atoms with van der Waals surface area (Å²) in [4.78, 5) is 21.2. The van der Waals surface area contributed by atoms with Gasteiger partial charge in [-0.1, -0.05) is 17.7 Å². The van der Waals surface area contributed by atoms with Gasteiger partial charge < -0.3 is 9.80 Å². The number of aryl methyl sites for hydroxylation is 1. The molecule has 1 amide bonds. The van der Waals surface area contributed by atoms with Crippen LogP contribution in [0.5, 0.6) is 0 Å². The molecule has 1 aliphatic carbocycles. The number of nitrogens with zero attached hydrogens (tertiary/aromatic N) is 3. The Labute approximate surface area is 157 Å². The van der Waals surface area contributed by atoms with Crippen molar-refractivity contribution in [2.45, 2.75) is 25.7 Å². The van der Waals surface area contributed by atoms with Gasteiger partial charge in [0.2, 0.25) is 0 Å². The summed E-state index contributed by atoms with van der Waals surface area (Å²) in [5.74, 6) is 0.814. The van der Waals surface area contributed by atoms with Gasteiger partial charge in [-0.25, -0.2) is 4.98 Å². The van der Waals surface area contributed by atoms with E-state index < -0.39 is 0 Å². The maximum Gasteiger partial charge on any atom is 0.255 e. The van der Waals surface area contributed by atoms with E-state index in [-0.39, 0.29) is 5.91 Å². The number of benzene rings is 1. The standard InChI is InChI=1S/C20H22BrN3O/c1-14-2-6-18(17(12-14)15-3-4-15)23-8-10-24(11-9-23)20(25)16-5-7-19(21)22-13-16/h2,5-7,12-13,15H,3-4,8-11H2,1H3. The quantitative estimate of drug-likeness (QED) is 0.731. The Hall–Kier alpha value is -1.88. The molecule has 1 aromatic carbocycles. The zero-order valence-electron chi connectivity index (χ0n) is 14.4. The van der Waals surface area contributed by atoms with Crippen molar-refractivity contribution in [3.05, 3.63) is 57.8 Å². The maximum absolute atomic E-state index is 12.6. The molecular formula is C20H22BrN3O. The molecule has 2 heterocycles. The van der Waals surface area contributed by atoms with Crippen molar-refractivity contribution >= 4 is 27.5 Å². The van der Waals surface area contributed by atoms with Crippen LogP contribution in [0.3, 0.4) is 0 Å². The zero-order chi connectivity index (χ0) is 17.4. The number of carbonyl (C=O) groups is 1. The first-order chi connectivity index (χ1) is 12.1. The fraction of sp³-hybridized carbons (Fsp3) is 0.400. The van der Waals surface area contributed by atoms with Gasteiger partial charge in [0.1, 0.15) is 4.60 Å². The molecule has 0 bridgehead atoms. The van der Waals surface area contributed by atoms with Crippen molar-refractivity contribution in [3.63, 3.8) is 0 Å². The Morgan fingerprint density at radius 2 is 1.88 bits per heavy atom. The van der Waals surface area contributed by atoms with E-state index in [9.17, 15) is 4.79 Å². The Bertz CT molecular complexity index is 778. The molecule has 2 fully saturated rings. The fourth-order valence-electron chi connectivity index (χ4n) is 3.52. The second kappa shape index (κ2) is 6.79. The highest BCUT2D eigenvalue weighted by Crippen LogP contribution is 2.44. The second-order valence-electron chi connectivity index (χ2n) is 6.99. The molecule has 4 nitrogen and oxygen atoms in total. The van der Waals surface area contributed by atoms with Crippen LogP contribution in [0.4, 0.5) is 5.69 Å². The van der Waals surface area contributed by atoms with Crippen LogP contribution in [0.15, 0.2) is 41.1 Å². The van der Waals surface area contributed by atoms with Gasteiger partial charge in [-0.2, -0.15) is 0 Å². The van der Waals surface area contributed by atoms with E-state index in [1.807, 2.05) is 17.0 Å². The molecule has 0 N–H and O–H groups in total. The largest absolute Gasteiger partial charge is 0.368 e. The Kier molecular flexibility index (Phi) is 4.50. The average Bonchev–Trinajstić information content (AvgIpc) is 3.47. The fourth-order valence-corrected chi connectivity index (χ4v) is 3.75.